The number of carbonyl (C=O) groups is 1. The van der Waals surface area contributed by atoms with Gasteiger partial charge in [-0.05, 0) is 80.2 Å². The number of anilines is 1. The molecule has 0 amide bonds. The van der Waals surface area contributed by atoms with E-state index in [-0.39, 0.29) is 16.4 Å². The molecular weight excluding hydrogens is 519 g/mol. The minimum absolute atomic E-state index is 0.0727. The summed E-state index contributed by atoms with van der Waals surface area (Å²) in [5.74, 6) is -0.290. The molecule has 39 heavy (non-hydrogen) atoms. The lowest BCUT2D eigenvalue weighted by Crippen LogP contribution is -2.39. The van der Waals surface area contributed by atoms with Gasteiger partial charge in [0.05, 0.1) is 16.2 Å². The van der Waals surface area contributed by atoms with Crippen LogP contribution in [0.1, 0.15) is 47.3 Å². The summed E-state index contributed by atoms with van der Waals surface area (Å²) in [5, 5.41) is 9.76. The average molecular weight is 553 g/mol. The highest BCUT2D eigenvalue weighted by Crippen LogP contribution is 2.29. The predicted octanol–water partition coefficient (Wildman–Crippen LogP) is 4.42. The maximum atomic E-state index is 13.2. The maximum Gasteiger partial charge on any atom is 0.339 e. The van der Waals surface area contributed by atoms with Crippen molar-refractivity contribution in [2.24, 2.45) is 11.8 Å². The summed E-state index contributed by atoms with van der Waals surface area (Å²) in [4.78, 5) is 23.2. The van der Waals surface area contributed by atoms with Gasteiger partial charge in [0.1, 0.15) is 5.82 Å². The molecule has 5 rings (SSSR count). The van der Waals surface area contributed by atoms with Gasteiger partial charge in [-0.15, -0.1) is 0 Å². The Labute approximate surface area is 228 Å². The number of sulfonamides is 1. The number of nitrogens with zero attached hydrogens (tertiary/aromatic N) is 4. The van der Waals surface area contributed by atoms with Gasteiger partial charge < -0.3 is 10.0 Å². The Balaban J connectivity index is 1.21. The molecule has 10 heteroatoms. The summed E-state index contributed by atoms with van der Waals surface area (Å²) in [7, 11) is -3.70. The van der Waals surface area contributed by atoms with Gasteiger partial charge in [0.2, 0.25) is 16.0 Å². The zero-order valence-corrected chi connectivity index (χ0v) is 22.6. The first-order valence-corrected chi connectivity index (χ1v) is 14.9. The first kappa shape index (κ1) is 27.2. The largest absolute Gasteiger partial charge is 0.478 e. The van der Waals surface area contributed by atoms with Crippen LogP contribution in [0.15, 0.2) is 65.7 Å². The quantitative estimate of drug-likeness (QED) is 0.441. The number of rotatable bonds is 8. The van der Waals surface area contributed by atoms with E-state index in [4.69, 9.17) is 4.98 Å². The third-order valence-electron chi connectivity index (χ3n) is 7.86. The normalized spacial score (nSPS) is 17.8. The van der Waals surface area contributed by atoms with Crippen molar-refractivity contribution in [2.45, 2.75) is 43.4 Å². The molecule has 2 fully saturated rings. The standard InChI is InChI=1S/C29H33FN4O4S/c30-24-6-8-25(9-7-24)39(37,38)34-16-12-23(13-17-34)19-27-26(28(35)36)20-31-29(32-27)33-14-10-22(11-15-33)18-21-4-2-1-3-5-21/h1-9,20,22-23H,10-19H2,(H,35,36). The van der Waals surface area contributed by atoms with Crippen LogP contribution in [0.2, 0.25) is 0 Å². The Bertz CT molecular complexity index is 1390. The van der Waals surface area contributed by atoms with E-state index < -0.39 is 21.8 Å². The van der Waals surface area contributed by atoms with Crippen molar-refractivity contribution in [2.75, 3.05) is 31.1 Å². The van der Waals surface area contributed by atoms with Gasteiger partial charge >= 0.3 is 5.97 Å². The number of halogens is 1. The van der Waals surface area contributed by atoms with Crippen LogP contribution in [0.25, 0.3) is 0 Å². The molecule has 2 aliphatic rings. The van der Waals surface area contributed by atoms with Crippen LogP contribution >= 0.6 is 0 Å². The van der Waals surface area contributed by atoms with Crippen molar-refractivity contribution in [3.05, 3.63) is 83.4 Å². The number of piperidine rings is 2. The summed E-state index contributed by atoms with van der Waals surface area (Å²) in [6.45, 7) is 2.28. The van der Waals surface area contributed by atoms with Crippen molar-refractivity contribution < 1.29 is 22.7 Å². The molecule has 0 aliphatic carbocycles. The SMILES string of the molecule is O=C(O)c1cnc(N2CCC(Cc3ccccc3)CC2)nc1CC1CCN(S(=O)(=O)c2ccc(F)cc2)CC1. The first-order chi connectivity index (χ1) is 18.8. The summed E-state index contributed by atoms with van der Waals surface area (Å²) >= 11 is 0. The molecule has 206 valence electrons. The molecule has 8 nitrogen and oxygen atoms in total. The van der Waals surface area contributed by atoms with E-state index in [1.165, 1.54) is 28.2 Å². The summed E-state index contributed by atoms with van der Waals surface area (Å²) in [5.41, 5.74) is 1.94. The minimum atomic E-state index is -3.70. The second-order valence-corrected chi connectivity index (χ2v) is 12.4. The maximum absolute atomic E-state index is 13.2. The van der Waals surface area contributed by atoms with Gasteiger partial charge in [-0.25, -0.2) is 27.6 Å². The highest BCUT2D eigenvalue weighted by Gasteiger charge is 2.31. The van der Waals surface area contributed by atoms with Gasteiger partial charge in [0.15, 0.2) is 0 Å². The van der Waals surface area contributed by atoms with E-state index in [9.17, 15) is 22.7 Å². The molecule has 2 aliphatic heterocycles. The van der Waals surface area contributed by atoms with Crippen molar-refractivity contribution >= 4 is 21.9 Å². The van der Waals surface area contributed by atoms with Crippen LogP contribution in [-0.2, 0) is 22.9 Å². The Kier molecular flexibility index (Phi) is 8.23. The van der Waals surface area contributed by atoms with Crippen molar-refractivity contribution in [1.29, 1.82) is 0 Å². The van der Waals surface area contributed by atoms with Crippen LogP contribution in [0.5, 0.6) is 0 Å². The predicted molar refractivity (Wildman–Crippen MR) is 146 cm³/mol. The van der Waals surface area contributed by atoms with Crippen LogP contribution < -0.4 is 4.90 Å². The van der Waals surface area contributed by atoms with E-state index in [1.807, 2.05) is 6.07 Å². The number of hydrogen-bond donors (Lipinski definition) is 1. The monoisotopic (exact) mass is 552 g/mol. The molecular formula is C29H33FN4O4S. The third kappa shape index (κ3) is 6.45. The zero-order chi connectivity index (χ0) is 27.4. The molecule has 0 unspecified atom stereocenters. The van der Waals surface area contributed by atoms with E-state index in [2.05, 4.69) is 34.1 Å². The lowest BCUT2D eigenvalue weighted by atomic mass is 9.90. The Hall–Kier alpha value is -3.37. The topological polar surface area (TPSA) is 104 Å². The fourth-order valence-electron chi connectivity index (χ4n) is 5.56. The Morgan fingerprint density at radius 3 is 2.15 bits per heavy atom. The fourth-order valence-corrected chi connectivity index (χ4v) is 7.03. The number of carboxylic acid groups (broad SMARTS) is 1. The summed E-state index contributed by atoms with van der Waals surface area (Å²) < 4.78 is 40.6. The van der Waals surface area contributed by atoms with Crippen molar-refractivity contribution in [3.63, 3.8) is 0 Å². The fraction of sp³-hybridized carbons (Fsp3) is 0.414. The van der Waals surface area contributed by atoms with Crippen LogP contribution in [0.3, 0.4) is 0 Å². The molecule has 3 heterocycles. The third-order valence-corrected chi connectivity index (χ3v) is 9.77. The molecule has 0 spiro atoms. The molecule has 0 saturated carbocycles. The molecule has 0 bridgehead atoms. The van der Waals surface area contributed by atoms with E-state index in [1.54, 1.807) is 0 Å². The van der Waals surface area contributed by atoms with E-state index >= 15 is 0 Å². The van der Waals surface area contributed by atoms with Gasteiger partial charge in [0.25, 0.3) is 0 Å². The van der Waals surface area contributed by atoms with Crippen LogP contribution in [0, 0.1) is 17.7 Å². The lowest BCUT2D eigenvalue weighted by Gasteiger charge is -2.33. The molecule has 2 aromatic carbocycles. The van der Waals surface area contributed by atoms with Crippen molar-refractivity contribution in [1.82, 2.24) is 14.3 Å². The zero-order valence-electron chi connectivity index (χ0n) is 21.7. The van der Waals surface area contributed by atoms with Crippen molar-refractivity contribution in [3.8, 4) is 0 Å². The highest BCUT2D eigenvalue weighted by atomic mass is 32.2. The van der Waals surface area contributed by atoms with Crippen LogP contribution in [0.4, 0.5) is 10.3 Å². The second kappa shape index (κ2) is 11.8. The average Bonchev–Trinajstić information content (AvgIpc) is 2.94. The molecule has 3 aromatic rings. The Morgan fingerprint density at radius 1 is 0.897 bits per heavy atom. The summed E-state index contributed by atoms with van der Waals surface area (Å²) in [6.07, 6.45) is 6.13. The first-order valence-electron chi connectivity index (χ1n) is 13.4. The molecule has 0 atom stereocenters. The van der Waals surface area contributed by atoms with Gasteiger partial charge in [-0.3, -0.25) is 0 Å². The molecule has 0 radical (unpaired) electrons. The molecule has 2 saturated heterocycles. The number of benzene rings is 2. The molecule has 1 N–H and O–H groups in total. The number of hydrogen-bond acceptors (Lipinski definition) is 6. The van der Waals surface area contributed by atoms with E-state index in [0.29, 0.717) is 49.9 Å². The van der Waals surface area contributed by atoms with Gasteiger partial charge in [0, 0.05) is 32.4 Å². The highest BCUT2D eigenvalue weighted by molar-refractivity contribution is 7.89. The van der Waals surface area contributed by atoms with Gasteiger partial charge in [-0.1, -0.05) is 30.3 Å². The van der Waals surface area contributed by atoms with Crippen LogP contribution in [-0.4, -0.2) is 59.9 Å². The smallest absolute Gasteiger partial charge is 0.339 e. The number of aromatic nitrogens is 2. The van der Waals surface area contributed by atoms with Gasteiger partial charge in [-0.2, -0.15) is 4.31 Å². The minimum Gasteiger partial charge on any atom is -0.478 e. The number of carboxylic acids is 1. The Morgan fingerprint density at radius 2 is 1.51 bits per heavy atom. The second-order valence-electron chi connectivity index (χ2n) is 10.5. The molecule has 1 aromatic heterocycles. The lowest BCUT2D eigenvalue weighted by molar-refractivity contribution is 0.0694. The summed E-state index contributed by atoms with van der Waals surface area (Å²) in [6, 6.07) is 15.3. The van der Waals surface area contributed by atoms with E-state index in [0.717, 1.165) is 44.5 Å². The number of aromatic carboxylic acids is 1.